The molecule has 0 bridgehead atoms. The highest BCUT2D eigenvalue weighted by Crippen LogP contribution is 2.32. The summed E-state index contributed by atoms with van der Waals surface area (Å²) in [5.74, 6) is -1.01. The Labute approximate surface area is 143 Å². The Morgan fingerprint density at radius 3 is 2.72 bits per heavy atom. The van der Waals surface area contributed by atoms with E-state index in [0.29, 0.717) is 23.1 Å². The predicted octanol–water partition coefficient (Wildman–Crippen LogP) is 2.61. The van der Waals surface area contributed by atoms with Crippen molar-refractivity contribution in [3.05, 3.63) is 63.9 Å². The Balaban J connectivity index is 1.88. The van der Waals surface area contributed by atoms with Crippen molar-refractivity contribution in [3.63, 3.8) is 0 Å². The number of phenolic OH excluding ortho intramolecular Hbond substituents is 1. The number of phenols is 1. The smallest absolute Gasteiger partial charge is 0.267 e. The van der Waals surface area contributed by atoms with Crippen LogP contribution in [-0.4, -0.2) is 20.7 Å². The van der Waals surface area contributed by atoms with Crippen molar-refractivity contribution in [1.29, 1.82) is 0 Å². The Morgan fingerprint density at radius 1 is 1.12 bits per heavy atom. The molecule has 6 heteroatoms. The van der Waals surface area contributed by atoms with Crippen molar-refractivity contribution in [2.45, 2.75) is 19.4 Å². The Morgan fingerprint density at radius 2 is 1.92 bits per heavy atom. The molecule has 6 nitrogen and oxygen atoms in total. The molecule has 0 saturated carbocycles. The van der Waals surface area contributed by atoms with E-state index in [1.807, 2.05) is 12.1 Å². The molecule has 25 heavy (non-hydrogen) atoms. The molecule has 0 spiro atoms. The number of hydrogen-bond acceptors (Lipinski definition) is 4. The van der Waals surface area contributed by atoms with Gasteiger partial charge < -0.3 is 20.1 Å². The number of para-hydroxylation sites is 1. The van der Waals surface area contributed by atoms with Gasteiger partial charge in [-0.3, -0.25) is 9.59 Å². The lowest BCUT2D eigenvalue weighted by molar-refractivity contribution is 0.102. The zero-order valence-corrected chi connectivity index (χ0v) is 13.3. The molecule has 0 unspecified atom stereocenters. The van der Waals surface area contributed by atoms with Crippen LogP contribution in [0, 0.1) is 0 Å². The molecule has 1 amide bonds. The molecule has 1 aliphatic rings. The van der Waals surface area contributed by atoms with Crippen LogP contribution >= 0.6 is 0 Å². The van der Waals surface area contributed by atoms with Gasteiger partial charge in [-0.15, -0.1) is 0 Å². The minimum absolute atomic E-state index is 0.00279. The first-order valence-corrected chi connectivity index (χ1v) is 8.04. The monoisotopic (exact) mass is 336 g/mol. The summed E-state index contributed by atoms with van der Waals surface area (Å²) in [5, 5.41) is 23.1. The maximum atomic E-state index is 12.8. The third-order valence-electron chi connectivity index (χ3n) is 4.50. The summed E-state index contributed by atoms with van der Waals surface area (Å²) in [4.78, 5) is 25.4. The van der Waals surface area contributed by atoms with Crippen molar-refractivity contribution in [2.24, 2.45) is 0 Å². The minimum atomic E-state index is -0.699. The number of amides is 1. The van der Waals surface area contributed by atoms with E-state index in [0.717, 1.165) is 18.4 Å². The molecule has 1 aromatic heterocycles. The van der Waals surface area contributed by atoms with Crippen LogP contribution < -0.4 is 10.9 Å². The maximum Gasteiger partial charge on any atom is 0.267 e. The van der Waals surface area contributed by atoms with Gasteiger partial charge in [0.1, 0.15) is 17.1 Å². The van der Waals surface area contributed by atoms with Gasteiger partial charge >= 0.3 is 0 Å². The highest BCUT2D eigenvalue weighted by molar-refractivity contribution is 6.09. The van der Waals surface area contributed by atoms with Gasteiger partial charge in [-0.05, 0) is 36.6 Å². The Bertz CT molecular complexity index is 1070. The maximum absolute atomic E-state index is 12.8. The molecule has 4 rings (SSSR count). The third-order valence-corrected chi connectivity index (χ3v) is 4.50. The molecular weight excluding hydrogens is 320 g/mol. The predicted molar refractivity (Wildman–Crippen MR) is 94.3 cm³/mol. The number of benzene rings is 2. The summed E-state index contributed by atoms with van der Waals surface area (Å²) in [6, 6.07) is 11.5. The van der Waals surface area contributed by atoms with E-state index < -0.39 is 11.5 Å². The third kappa shape index (κ3) is 2.42. The Hall–Kier alpha value is -3.28. The summed E-state index contributed by atoms with van der Waals surface area (Å²) < 4.78 is 1.56. The van der Waals surface area contributed by atoms with Crippen molar-refractivity contribution in [3.8, 4) is 11.5 Å². The van der Waals surface area contributed by atoms with Crippen molar-refractivity contribution in [2.75, 3.05) is 5.32 Å². The molecule has 0 atom stereocenters. The highest BCUT2D eigenvalue weighted by Gasteiger charge is 2.25. The molecule has 0 saturated heterocycles. The number of pyridine rings is 1. The first-order chi connectivity index (χ1) is 12.1. The van der Waals surface area contributed by atoms with E-state index in [9.17, 15) is 19.8 Å². The van der Waals surface area contributed by atoms with Crippen LogP contribution in [0.25, 0.3) is 10.9 Å². The quantitative estimate of drug-likeness (QED) is 0.671. The largest absolute Gasteiger partial charge is 0.508 e. The number of aromatic nitrogens is 1. The van der Waals surface area contributed by atoms with Gasteiger partial charge in [-0.2, -0.15) is 0 Å². The summed E-state index contributed by atoms with van der Waals surface area (Å²) in [5.41, 5.74) is 1.25. The molecule has 0 radical (unpaired) electrons. The molecule has 0 aliphatic carbocycles. The molecule has 126 valence electrons. The van der Waals surface area contributed by atoms with Gasteiger partial charge in [-0.1, -0.05) is 18.2 Å². The van der Waals surface area contributed by atoms with E-state index in [-0.39, 0.29) is 17.1 Å². The number of hydrogen-bond donors (Lipinski definition) is 3. The lowest BCUT2D eigenvalue weighted by Gasteiger charge is -2.21. The van der Waals surface area contributed by atoms with Crippen LogP contribution in [0.4, 0.5) is 5.69 Å². The zero-order valence-electron chi connectivity index (χ0n) is 13.3. The second-order valence-electron chi connectivity index (χ2n) is 6.10. The highest BCUT2D eigenvalue weighted by atomic mass is 16.3. The number of nitrogens with zero attached hydrogens (tertiary/aromatic N) is 1. The minimum Gasteiger partial charge on any atom is -0.508 e. The van der Waals surface area contributed by atoms with E-state index >= 15 is 0 Å². The fourth-order valence-electron chi connectivity index (χ4n) is 3.40. The van der Waals surface area contributed by atoms with Gasteiger partial charge in [0.15, 0.2) is 0 Å². The average molecular weight is 336 g/mol. The molecule has 2 heterocycles. The number of carbonyl (C=O) groups excluding carboxylic acids is 1. The second-order valence-corrected chi connectivity index (χ2v) is 6.10. The number of aromatic hydroxyl groups is 2. The molecule has 1 aliphatic heterocycles. The molecule has 3 N–H and O–H groups in total. The van der Waals surface area contributed by atoms with Gasteiger partial charge in [0, 0.05) is 23.7 Å². The first kappa shape index (κ1) is 15.3. The van der Waals surface area contributed by atoms with Gasteiger partial charge in [0.2, 0.25) is 0 Å². The molecule has 2 aromatic carbocycles. The fraction of sp³-hybridized carbons (Fsp3) is 0.158. The number of aryl methyl sites for hydroxylation is 2. The van der Waals surface area contributed by atoms with Crippen molar-refractivity contribution < 1.29 is 15.0 Å². The number of anilines is 1. The molecule has 0 fully saturated rings. The van der Waals surface area contributed by atoms with E-state index in [2.05, 4.69) is 5.32 Å². The van der Waals surface area contributed by atoms with Crippen LogP contribution in [0.1, 0.15) is 22.3 Å². The summed E-state index contributed by atoms with van der Waals surface area (Å²) in [7, 11) is 0. The van der Waals surface area contributed by atoms with E-state index in [1.165, 1.54) is 12.1 Å². The lowest BCUT2D eigenvalue weighted by atomic mass is 9.99. The second kappa shape index (κ2) is 5.66. The zero-order chi connectivity index (χ0) is 17.6. The SMILES string of the molecule is O=C(Nc1cccc(O)c1)c1c(O)c2cccc3c2n(c1=O)CCC3. The summed E-state index contributed by atoms with van der Waals surface area (Å²) in [6.45, 7) is 0.513. The average Bonchev–Trinajstić information content (AvgIpc) is 2.59. The normalized spacial score (nSPS) is 13.0. The van der Waals surface area contributed by atoms with Crippen LogP contribution in [-0.2, 0) is 13.0 Å². The number of carbonyl (C=O) groups is 1. The summed E-state index contributed by atoms with van der Waals surface area (Å²) >= 11 is 0. The van der Waals surface area contributed by atoms with Crippen molar-refractivity contribution >= 4 is 22.5 Å². The van der Waals surface area contributed by atoms with Crippen molar-refractivity contribution in [1.82, 2.24) is 4.57 Å². The number of rotatable bonds is 2. The van der Waals surface area contributed by atoms with Gasteiger partial charge in [0.25, 0.3) is 11.5 Å². The number of nitrogens with one attached hydrogen (secondary N) is 1. The van der Waals surface area contributed by atoms with Crippen LogP contribution in [0.15, 0.2) is 47.3 Å². The van der Waals surface area contributed by atoms with Crippen LogP contribution in [0.5, 0.6) is 11.5 Å². The lowest BCUT2D eigenvalue weighted by Crippen LogP contribution is -2.31. The van der Waals surface area contributed by atoms with Crippen LogP contribution in [0.3, 0.4) is 0 Å². The van der Waals surface area contributed by atoms with Gasteiger partial charge in [-0.25, -0.2) is 0 Å². The molecular formula is C19H16N2O4. The van der Waals surface area contributed by atoms with E-state index in [4.69, 9.17) is 0 Å². The summed E-state index contributed by atoms with van der Waals surface area (Å²) in [6.07, 6.45) is 1.65. The fourth-order valence-corrected chi connectivity index (χ4v) is 3.40. The first-order valence-electron chi connectivity index (χ1n) is 8.04. The standard InChI is InChI=1S/C19H16N2O4/c22-13-7-2-6-12(10-13)20-18(24)15-17(23)14-8-1-4-11-5-3-9-21(16(11)14)19(15)25/h1-2,4,6-8,10,22-23H,3,5,9H2,(H,20,24). The Kier molecular flexibility index (Phi) is 3.46. The van der Waals surface area contributed by atoms with Gasteiger partial charge in [0.05, 0.1) is 5.52 Å². The molecule has 3 aromatic rings. The van der Waals surface area contributed by atoms with Crippen LogP contribution in [0.2, 0.25) is 0 Å². The topological polar surface area (TPSA) is 91.6 Å². The van der Waals surface area contributed by atoms with E-state index in [1.54, 1.807) is 22.8 Å².